The van der Waals surface area contributed by atoms with Crippen LogP contribution in [0.2, 0.25) is 0 Å². The monoisotopic (exact) mass is 950 g/mol. The van der Waals surface area contributed by atoms with Crippen LogP contribution in [0, 0.1) is 13.8 Å². The Bertz CT molecular complexity index is 3300. The number of phosphoric acid groups is 1. The molecule has 2 N–H and O–H groups in total. The van der Waals surface area contributed by atoms with Gasteiger partial charge in [-0.25, -0.2) is 9.09 Å². The molecule has 0 radical (unpaired) electrons. The quantitative estimate of drug-likeness (QED) is 0.0564. The number of carbonyl (C=O) groups excluding carboxylic acids is 1. The van der Waals surface area contributed by atoms with E-state index >= 15 is 0 Å². The molecule has 0 amide bonds. The summed E-state index contributed by atoms with van der Waals surface area (Å²) in [6.45, 7) is 4.39. The van der Waals surface area contributed by atoms with E-state index in [0.29, 0.717) is 92.9 Å². The Balaban J connectivity index is 0.000000167. The molecule has 4 atom stereocenters. The topological polar surface area (TPSA) is 225 Å². The van der Waals surface area contributed by atoms with Gasteiger partial charge in [0.2, 0.25) is 0 Å². The zero-order chi connectivity index (χ0) is 46.1. The van der Waals surface area contributed by atoms with Crippen LogP contribution in [0.4, 0.5) is 0 Å². The highest BCUT2D eigenvalue weighted by atomic mass is 31.2. The second kappa shape index (κ2) is 18.8. The number of phosphoric ester groups is 1. The molecule has 6 heterocycles. The van der Waals surface area contributed by atoms with Crippen molar-refractivity contribution < 1.29 is 60.4 Å². The molecular weight excluding hydrogens is 909 g/mol. The van der Waals surface area contributed by atoms with Gasteiger partial charge >= 0.3 is 23.0 Å². The molecule has 0 aliphatic carbocycles. The normalized spacial score (nSPS) is 21.0. The number of carbonyl (C=O) groups is 1. The summed E-state index contributed by atoms with van der Waals surface area (Å²) in [6.07, 6.45) is 6.59. The largest absolute Gasteiger partial charge is 0.472 e. The minimum atomic E-state index is -4.66. The van der Waals surface area contributed by atoms with E-state index in [1.54, 1.807) is 48.7 Å². The van der Waals surface area contributed by atoms with Crippen molar-refractivity contribution in [1.82, 2.24) is 19.9 Å². The van der Waals surface area contributed by atoms with Crippen molar-refractivity contribution >= 4 is 83.7 Å². The number of hydrogen-bond acceptors (Lipinski definition) is 15. The van der Waals surface area contributed by atoms with Gasteiger partial charge in [-0.05, 0) is 61.4 Å². The summed E-state index contributed by atoms with van der Waals surface area (Å²) in [5, 5.41) is 3.40. The first kappa shape index (κ1) is 45.4. The average Bonchev–Trinajstić information content (AvgIpc) is 3.31. The summed E-state index contributed by atoms with van der Waals surface area (Å²) in [5.74, 6) is 0.726. The van der Waals surface area contributed by atoms with Crippen LogP contribution in [0.5, 0.6) is 11.5 Å². The van der Waals surface area contributed by atoms with Gasteiger partial charge in [0.25, 0.3) is 6.47 Å². The number of fused-ring (bicyclic) bond motifs is 6. The molecule has 10 rings (SSSR count). The molecule has 4 unspecified atom stereocenters. The Kier molecular flexibility index (Phi) is 12.9. The number of aromatic nitrogens is 4. The second-order valence-electron chi connectivity index (χ2n) is 15.4. The fourth-order valence-corrected chi connectivity index (χ4v) is 11.5. The third-order valence-corrected chi connectivity index (χ3v) is 15.2. The van der Waals surface area contributed by atoms with Crippen LogP contribution in [0.25, 0.3) is 43.6 Å². The molecule has 2 saturated heterocycles. The predicted octanol–water partition coefficient (Wildman–Crippen LogP) is 9.16. The molecule has 0 saturated carbocycles. The van der Waals surface area contributed by atoms with E-state index in [9.17, 15) is 18.5 Å². The minimum Gasteiger partial charge on any atom is -0.466 e. The highest BCUT2D eigenvalue weighted by molar-refractivity contribution is 7.62. The molecule has 8 aromatic rings. The van der Waals surface area contributed by atoms with E-state index < -0.39 is 29.8 Å². The first-order valence-corrected chi connectivity index (χ1v) is 25.2. The van der Waals surface area contributed by atoms with Gasteiger partial charge in [-0.1, -0.05) is 71.8 Å². The average molecular weight is 951 g/mol. The molecule has 2 aliphatic heterocycles. The van der Waals surface area contributed by atoms with Crippen LogP contribution >= 0.6 is 23.0 Å². The molecular formula is C46H41N4O13P3. The first-order chi connectivity index (χ1) is 31.8. The molecule has 2 fully saturated rings. The molecule has 4 aromatic heterocycles. The molecule has 17 nitrogen and oxygen atoms in total. The lowest BCUT2D eigenvalue weighted by Crippen LogP contribution is -2.20. The van der Waals surface area contributed by atoms with Gasteiger partial charge in [0.05, 0.1) is 47.1 Å². The third kappa shape index (κ3) is 9.69. The highest BCUT2D eigenvalue weighted by Gasteiger charge is 2.38. The number of hydrogen-bond donors (Lipinski definition) is 2. The zero-order valence-corrected chi connectivity index (χ0v) is 38.0. The van der Waals surface area contributed by atoms with Gasteiger partial charge in [-0.15, -0.1) is 0 Å². The van der Waals surface area contributed by atoms with Gasteiger partial charge in [0, 0.05) is 59.2 Å². The summed E-state index contributed by atoms with van der Waals surface area (Å²) in [5.41, 5.74) is 6.38. The van der Waals surface area contributed by atoms with Crippen LogP contribution in [0.3, 0.4) is 0 Å². The maximum Gasteiger partial charge on any atom is 0.472 e. The third-order valence-electron chi connectivity index (χ3n) is 10.9. The number of benzene rings is 4. The predicted molar refractivity (Wildman–Crippen MR) is 245 cm³/mol. The Morgan fingerprint density at radius 3 is 1.65 bits per heavy atom. The van der Waals surface area contributed by atoms with Gasteiger partial charge in [0.1, 0.15) is 22.5 Å². The Morgan fingerprint density at radius 2 is 1.17 bits per heavy atom. The number of rotatable bonds is 10. The number of pyridine rings is 4. The summed E-state index contributed by atoms with van der Waals surface area (Å²) >= 11 is 0. The molecule has 0 bridgehead atoms. The Morgan fingerprint density at radius 1 is 0.667 bits per heavy atom. The van der Waals surface area contributed by atoms with E-state index in [2.05, 4.69) is 24.5 Å². The molecule has 4 aromatic carbocycles. The van der Waals surface area contributed by atoms with Crippen molar-refractivity contribution in [3.05, 3.63) is 144 Å². The summed E-state index contributed by atoms with van der Waals surface area (Å²) in [4.78, 5) is 46.2. The van der Waals surface area contributed by atoms with Crippen molar-refractivity contribution in [1.29, 1.82) is 0 Å². The van der Waals surface area contributed by atoms with E-state index in [1.807, 2.05) is 68.4 Å². The van der Waals surface area contributed by atoms with Gasteiger partial charge in [-0.2, -0.15) is 0 Å². The smallest absolute Gasteiger partial charge is 0.466 e. The van der Waals surface area contributed by atoms with Crippen molar-refractivity contribution in [3.63, 3.8) is 0 Å². The molecule has 0 spiro atoms. The van der Waals surface area contributed by atoms with Crippen molar-refractivity contribution in [2.24, 2.45) is 0 Å². The number of ether oxygens (including phenoxy) is 2. The SMILES string of the molecule is Cc1cccc(C2CCOP(=O)(c3cnc4c(ccc5c(OC=O)ccnc54)c3)O2)c1.Cc1cccc(C2CCOP(=O)(c3cnc4c(ccc5c(OCOP(=O)(O)O)ccnc54)c3)O2)c1. The standard InChI is InChI=1S/C23H22N2O8P2.C23H19N2O5P/c1-15-3-2-4-16(11-15)20-8-10-31-34(26,33-20)18-12-17-5-6-19-21(30-14-32-35(27,28)29)7-9-24-23(19)22(17)25-13-18;1-15-3-2-4-16(11-15)20-8-10-29-31(27,30-20)18-12-17-5-6-19-21(28-14-26)7-9-24-23(19)22(17)25-13-18/h2-7,9,11-13,20H,8,10,14H2,1H3,(H2,27,28,29);2-7,9,11-14,20H,8,10H2,1H3. The Hall–Kier alpha value is -5.80. The fourth-order valence-electron chi connectivity index (χ4n) is 7.81. The van der Waals surface area contributed by atoms with E-state index in [0.717, 1.165) is 27.6 Å². The minimum absolute atomic E-state index is 0.296. The maximum atomic E-state index is 13.7. The lowest BCUT2D eigenvalue weighted by molar-refractivity contribution is -0.120. The van der Waals surface area contributed by atoms with Crippen LogP contribution in [-0.2, 0) is 41.1 Å². The fraction of sp³-hybridized carbons (Fsp3) is 0.196. The number of aryl methyl sites for hydroxylation is 2. The molecule has 66 heavy (non-hydrogen) atoms. The van der Waals surface area contributed by atoms with Crippen LogP contribution in [0.1, 0.15) is 47.3 Å². The lowest BCUT2D eigenvalue weighted by atomic mass is 10.0. The summed E-state index contributed by atoms with van der Waals surface area (Å²) in [7, 11) is -11.8. The molecule has 20 heteroatoms. The molecule has 338 valence electrons. The van der Waals surface area contributed by atoms with Crippen LogP contribution in [0.15, 0.2) is 122 Å². The lowest BCUT2D eigenvalue weighted by Gasteiger charge is -2.30. The van der Waals surface area contributed by atoms with Crippen molar-refractivity contribution in [3.8, 4) is 11.5 Å². The highest BCUT2D eigenvalue weighted by Crippen LogP contribution is 2.56. The maximum absolute atomic E-state index is 13.7. The molecule has 2 aliphatic rings. The summed E-state index contributed by atoms with van der Waals surface area (Å²) in [6, 6.07) is 29.7. The van der Waals surface area contributed by atoms with Crippen molar-refractivity contribution in [2.45, 2.75) is 38.9 Å². The van der Waals surface area contributed by atoms with Gasteiger partial charge in [0.15, 0.2) is 6.79 Å². The van der Waals surface area contributed by atoms with Gasteiger partial charge in [-0.3, -0.25) is 42.9 Å². The first-order valence-electron chi connectivity index (χ1n) is 20.6. The zero-order valence-electron chi connectivity index (χ0n) is 35.3. The van der Waals surface area contributed by atoms with E-state index in [-0.39, 0.29) is 12.2 Å². The van der Waals surface area contributed by atoms with Crippen LogP contribution < -0.4 is 20.1 Å². The summed E-state index contributed by atoms with van der Waals surface area (Å²) < 4.78 is 76.2. The van der Waals surface area contributed by atoms with Crippen molar-refractivity contribution in [2.75, 3.05) is 20.0 Å². The van der Waals surface area contributed by atoms with E-state index in [1.165, 1.54) is 18.6 Å². The Labute approximate surface area is 377 Å². The van der Waals surface area contributed by atoms with E-state index in [4.69, 9.17) is 37.4 Å². The number of nitrogens with zero attached hydrogens (tertiary/aromatic N) is 4. The van der Waals surface area contributed by atoms with Crippen LogP contribution in [-0.4, -0.2) is 56.2 Å². The second-order valence-corrected chi connectivity index (χ2v) is 20.6. The van der Waals surface area contributed by atoms with Gasteiger partial charge < -0.3 is 28.3 Å².